The van der Waals surface area contributed by atoms with Crippen molar-refractivity contribution >= 4 is 11.9 Å². The van der Waals surface area contributed by atoms with Gasteiger partial charge in [0.05, 0.1) is 6.61 Å². The Kier molecular flexibility index (Phi) is 52.5. The fourth-order valence-corrected chi connectivity index (χ4v) is 6.99. The van der Waals surface area contributed by atoms with Crippen LogP contribution >= 0.6 is 0 Å². The average Bonchev–Trinajstić information content (AvgIpc) is 3.32. The first-order chi connectivity index (χ1) is 32.6. The van der Waals surface area contributed by atoms with Gasteiger partial charge in [-0.05, 0) is 128 Å². The largest absolute Gasteiger partial charge is 0.462 e. The molecule has 0 N–H and O–H groups in total. The number of esters is 2. The maximum atomic E-state index is 12.8. The lowest BCUT2D eigenvalue weighted by molar-refractivity contribution is -0.163. The molecule has 0 aliphatic heterocycles. The SMILES string of the molecule is CC/C=C\C/C=C\C/C=C\C/C=C\CCCCCCC(=O)OCC(COCCCCCCCC/C=C\C/C=C\CCCCC)OC(=O)CCCCCC/C=C\C/C=C\C/C=C\C/C=C\CC. The van der Waals surface area contributed by atoms with Crippen molar-refractivity contribution in [2.75, 3.05) is 19.8 Å². The van der Waals surface area contributed by atoms with Gasteiger partial charge in [0, 0.05) is 19.4 Å². The first kappa shape index (κ1) is 62.3. The fraction of sp³-hybridized carbons (Fsp3) is 0.639. The van der Waals surface area contributed by atoms with Crippen molar-refractivity contribution in [3.8, 4) is 0 Å². The number of allylic oxidation sites excluding steroid dienone is 20. The van der Waals surface area contributed by atoms with E-state index in [9.17, 15) is 9.59 Å². The molecule has 66 heavy (non-hydrogen) atoms. The molecule has 0 aromatic carbocycles. The van der Waals surface area contributed by atoms with Crippen LogP contribution in [0.3, 0.4) is 0 Å². The summed E-state index contributed by atoms with van der Waals surface area (Å²) in [5.41, 5.74) is 0. The number of carbonyl (C=O) groups is 2. The third-order valence-electron chi connectivity index (χ3n) is 11.0. The highest BCUT2D eigenvalue weighted by Crippen LogP contribution is 2.12. The van der Waals surface area contributed by atoms with Crippen LogP contribution in [0, 0.1) is 0 Å². The summed E-state index contributed by atoms with van der Waals surface area (Å²) in [6.45, 7) is 7.49. The minimum Gasteiger partial charge on any atom is -0.462 e. The van der Waals surface area contributed by atoms with Crippen LogP contribution in [-0.2, 0) is 23.8 Å². The van der Waals surface area contributed by atoms with Gasteiger partial charge in [-0.3, -0.25) is 9.59 Å². The van der Waals surface area contributed by atoms with Crippen LogP contribution < -0.4 is 0 Å². The van der Waals surface area contributed by atoms with Crippen molar-refractivity contribution in [1.29, 1.82) is 0 Å². The second kappa shape index (κ2) is 55.6. The summed E-state index contributed by atoms with van der Waals surface area (Å²) in [4.78, 5) is 25.5. The second-order valence-electron chi connectivity index (χ2n) is 17.4. The summed E-state index contributed by atoms with van der Waals surface area (Å²) >= 11 is 0. The van der Waals surface area contributed by atoms with Gasteiger partial charge in [-0.25, -0.2) is 0 Å². The van der Waals surface area contributed by atoms with Crippen molar-refractivity contribution in [3.05, 3.63) is 122 Å². The average molecular weight is 913 g/mol. The van der Waals surface area contributed by atoms with Gasteiger partial charge in [-0.15, -0.1) is 0 Å². The summed E-state index contributed by atoms with van der Waals surface area (Å²) in [5, 5.41) is 0. The van der Waals surface area contributed by atoms with E-state index in [1.54, 1.807) is 0 Å². The lowest BCUT2D eigenvalue weighted by Gasteiger charge is -2.18. The predicted molar refractivity (Wildman–Crippen MR) is 288 cm³/mol. The van der Waals surface area contributed by atoms with E-state index in [0.29, 0.717) is 19.4 Å². The monoisotopic (exact) mass is 913 g/mol. The Labute approximate surface area is 407 Å². The highest BCUT2D eigenvalue weighted by Gasteiger charge is 2.17. The maximum absolute atomic E-state index is 12.8. The zero-order valence-electron chi connectivity index (χ0n) is 42.9. The van der Waals surface area contributed by atoms with Crippen LogP contribution in [0.25, 0.3) is 0 Å². The molecule has 5 heteroatoms. The number of rotatable bonds is 48. The molecule has 0 aromatic rings. The van der Waals surface area contributed by atoms with Crippen molar-refractivity contribution in [3.63, 3.8) is 0 Å². The number of ether oxygens (including phenoxy) is 3. The van der Waals surface area contributed by atoms with Gasteiger partial charge in [0.1, 0.15) is 6.61 Å². The standard InChI is InChI=1S/C61H100O5/c1-4-7-10-13-16-19-22-25-28-31-33-36-39-42-45-48-51-54-60(62)65-58-59(57-64-56-53-50-47-44-41-38-35-30-27-24-21-18-15-12-9-6-3)66-61(63)55-52-49-46-43-40-37-34-32-29-26-23-20-17-14-11-8-5-2/h7-8,10-11,16-21,25-30,33-34,36-37,59H,4-6,9,12-15,22-24,31-32,35,38-58H2,1-3H3/b10-7-,11-8-,19-16-,20-17-,21-18-,28-25-,29-26-,30-27-,36-33-,37-34-. The summed E-state index contributed by atoms with van der Waals surface area (Å²) in [6.07, 6.45) is 77.8. The number of carbonyl (C=O) groups excluding carboxylic acids is 2. The topological polar surface area (TPSA) is 61.8 Å². The third-order valence-corrected chi connectivity index (χ3v) is 11.0. The molecular formula is C61H100O5. The molecule has 0 aromatic heterocycles. The van der Waals surface area contributed by atoms with Gasteiger partial charge in [0.15, 0.2) is 6.10 Å². The van der Waals surface area contributed by atoms with E-state index in [-0.39, 0.29) is 25.2 Å². The number of hydrogen-bond acceptors (Lipinski definition) is 5. The lowest BCUT2D eigenvalue weighted by Crippen LogP contribution is -2.30. The summed E-state index contributed by atoms with van der Waals surface area (Å²) < 4.78 is 17.4. The van der Waals surface area contributed by atoms with E-state index in [1.165, 1.54) is 51.4 Å². The summed E-state index contributed by atoms with van der Waals surface area (Å²) in [6, 6.07) is 0. The van der Waals surface area contributed by atoms with Gasteiger partial charge in [-0.2, -0.15) is 0 Å². The van der Waals surface area contributed by atoms with Crippen LogP contribution in [0.2, 0.25) is 0 Å². The molecule has 374 valence electrons. The predicted octanol–water partition coefficient (Wildman–Crippen LogP) is 18.6. The van der Waals surface area contributed by atoms with Crippen LogP contribution in [0.5, 0.6) is 0 Å². The van der Waals surface area contributed by atoms with Gasteiger partial charge in [0.25, 0.3) is 0 Å². The van der Waals surface area contributed by atoms with Crippen LogP contribution in [0.4, 0.5) is 0 Å². The van der Waals surface area contributed by atoms with E-state index in [1.807, 2.05) is 0 Å². The smallest absolute Gasteiger partial charge is 0.306 e. The van der Waals surface area contributed by atoms with Crippen molar-refractivity contribution < 1.29 is 23.8 Å². The van der Waals surface area contributed by atoms with Crippen LogP contribution in [0.1, 0.15) is 226 Å². The highest BCUT2D eigenvalue weighted by atomic mass is 16.6. The molecular weight excluding hydrogens is 813 g/mol. The zero-order valence-corrected chi connectivity index (χ0v) is 42.9. The molecule has 0 spiro atoms. The Morgan fingerprint density at radius 1 is 0.348 bits per heavy atom. The van der Waals surface area contributed by atoms with Crippen LogP contribution in [-0.4, -0.2) is 37.9 Å². The Balaban J connectivity index is 4.42. The molecule has 0 radical (unpaired) electrons. The van der Waals surface area contributed by atoms with Gasteiger partial charge in [0.2, 0.25) is 0 Å². The maximum Gasteiger partial charge on any atom is 0.306 e. The Morgan fingerprint density at radius 2 is 0.682 bits per heavy atom. The molecule has 1 unspecified atom stereocenters. The van der Waals surface area contributed by atoms with E-state index in [0.717, 1.165) is 141 Å². The van der Waals surface area contributed by atoms with E-state index >= 15 is 0 Å². The number of hydrogen-bond donors (Lipinski definition) is 0. The summed E-state index contributed by atoms with van der Waals surface area (Å²) in [7, 11) is 0. The molecule has 1 atom stereocenters. The van der Waals surface area contributed by atoms with Crippen molar-refractivity contribution in [1.82, 2.24) is 0 Å². The molecule has 0 bridgehead atoms. The minimum atomic E-state index is -0.574. The Hall–Kier alpha value is -3.70. The fourth-order valence-electron chi connectivity index (χ4n) is 6.99. The lowest BCUT2D eigenvalue weighted by atomic mass is 10.1. The molecule has 0 aliphatic rings. The van der Waals surface area contributed by atoms with Crippen LogP contribution in [0.15, 0.2) is 122 Å². The zero-order chi connectivity index (χ0) is 47.7. The van der Waals surface area contributed by atoms with Gasteiger partial charge >= 0.3 is 11.9 Å². The van der Waals surface area contributed by atoms with Gasteiger partial charge < -0.3 is 14.2 Å². The Bertz CT molecular complexity index is 1350. The molecule has 0 fully saturated rings. The molecule has 0 aliphatic carbocycles. The van der Waals surface area contributed by atoms with Crippen molar-refractivity contribution in [2.45, 2.75) is 232 Å². The first-order valence-corrected chi connectivity index (χ1v) is 27.1. The molecule has 0 rings (SSSR count). The Morgan fingerprint density at radius 3 is 1.09 bits per heavy atom. The molecule has 5 nitrogen and oxygen atoms in total. The molecule has 0 heterocycles. The third kappa shape index (κ3) is 52.9. The highest BCUT2D eigenvalue weighted by molar-refractivity contribution is 5.70. The van der Waals surface area contributed by atoms with Crippen molar-refractivity contribution in [2.24, 2.45) is 0 Å². The molecule has 0 saturated carbocycles. The van der Waals surface area contributed by atoms with E-state index in [2.05, 4.69) is 142 Å². The number of unbranched alkanes of at least 4 members (excludes halogenated alkanes) is 17. The quantitative estimate of drug-likeness (QED) is 0.0346. The van der Waals surface area contributed by atoms with E-state index in [4.69, 9.17) is 14.2 Å². The van der Waals surface area contributed by atoms with E-state index < -0.39 is 6.10 Å². The second-order valence-corrected chi connectivity index (χ2v) is 17.4. The van der Waals surface area contributed by atoms with Gasteiger partial charge in [-0.1, -0.05) is 206 Å². The molecule has 0 saturated heterocycles. The normalized spacial score (nSPS) is 13.2. The first-order valence-electron chi connectivity index (χ1n) is 27.1. The minimum absolute atomic E-state index is 0.0506. The summed E-state index contributed by atoms with van der Waals surface area (Å²) in [5.74, 6) is -0.464. The molecule has 0 amide bonds.